The molecular formula is C14H13BrClN. The Morgan fingerprint density at radius 1 is 1.06 bits per heavy atom. The number of hydrogen-bond donors (Lipinski definition) is 1. The van der Waals surface area contributed by atoms with E-state index in [1.165, 1.54) is 5.56 Å². The molecule has 0 saturated heterocycles. The van der Waals surface area contributed by atoms with E-state index in [1.54, 1.807) is 0 Å². The Kier molecular flexibility index (Phi) is 3.87. The summed E-state index contributed by atoms with van der Waals surface area (Å²) in [6.07, 6.45) is 0. The summed E-state index contributed by atoms with van der Waals surface area (Å²) < 4.78 is 0.874. The molecule has 17 heavy (non-hydrogen) atoms. The molecule has 0 amide bonds. The van der Waals surface area contributed by atoms with Gasteiger partial charge in [0.25, 0.3) is 0 Å². The fourth-order valence-electron chi connectivity index (χ4n) is 1.67. The highest BCUT2D eigenvalue weighted by Crippen LogP contribution is 2.27. The maximum atomic E-state index is 6.22. The average Bonchev–Trinajstić information content (AvgIpc) is 2.33. The first-order valence-electron chi connectivity index (χ1n) is 5.35. The summed E-state index contributed by atoms with van der Waals surface area (Å²) in [6.45, 7) is 2.06. The zero-order valence-corrected chi connectivity index (χ0v) is 11.8. The van der Waals surface area contributed by atoms with Gasteiger partial charge in [-0.25, -0.2) is 0 Å². The van der Waals surface area contributed by atoms with Crippen LogP contribution in [0.15, 0.2) is 46.9 Å². The van der Waals surface area contributed by atoms with Crippen LogP contribution in [-0.2, 0) is 0 Å². The van der Waals surface area contributed by atoms with Crippen LogP contribution in [-0.4, -0.2) is 0 Å². The van der Waals surface area contributed by atoms with Crippen molar-refractivity contribution in [3.63, 3.8) is 0 Å². The predicted octanol–water partition coefficient (Wildman–Crippen LogP) is 4.46. The maximum Gasteiger partial charge on any atom is 0.0552 e. The van der Waals surface area contributed by atoms with E-state index in [0.717, 1.165) is 15.6 Å². The van der Waals surface area contributed by atoms with Crippen LogP contribution in [0.25, 0.3) is 0 Å². The second kappa shape index (κ2) is 5.21. The Morgan fingerprint density at radius 2 is 1.65 bits per heavy atom. The van der Waals surface area contributed by atoms with E-state index in [4.69, 9.17) is 17.3 Å². The highest BCUT2D eigenvalue weighted by molar-refractivity contribution is 9.10. The van der Waals surface area contributed by atoms with Gasteiger partial charge in [-0.2, -0.15) is 0 Å². The smallest absolute Gasteiger partial charge is 0.0552 e. The minimum Gasteiger partial charge on any atom is -0.320 e. The highest BCUT2D eigenvalue weighted by Gasteiger charge is 2.09. The molecule has 0 aromatic heterocycles. The molecule has 0 fully saturated rings. The molecule has 1 nitrogen and oxygen atoms in total. The van der Waals surface area contributed by atoms with Crippen LogP contribution in [0, 0.1) is 6.92 Å². The second-order valence-electron chi connectivity index (χ2n) is 4.06. The molecule has 1 unspecified atom stereocenters. The van der Waals surface area contributed by atoms with Gasteiger partial charge >= 0.3 is 0 Å². The Labute approximate surface area is 115 Å². The van der Waals surface area contributed by atoms with Gasteiger partial charge in [0.2, 0.25) is 0 Å². The Morgan fingerprint density at radius 3 is 2.24 bits per heavy atom. The molecule has 2 rings (SSSR count). The number of aryl methyl sites for hydroxylation is 1. The maximum absolute atomic E-state index is 6.22. The predicted molar refractivity (Wildman–Crippen MR) is 76.4 cm³/mol. The number of benzene rings is 2. The van der Waals surface area contributed by atoms with Crippen LogP contribution < -0.4 is 5.73 Å². The quantitative estimate of drug-likeness (QED) is 0.871. The zero-order valence-electron chi connectivity index (χ0n) is 9.45. The molecule has 2 aromatic rings. The molecule has 88 valence electrons. The summed E-state index contributed by atoms with van der Waals surface area (Å²) >= 11 is 9.38. The summed E-state index contributed by atoms with van der Waals surface area (Å²) in [5, 5.41) is 0.699. The zero-order chi connectivity index (χ0) is 12.4. The monoisotopic (exact) mass is 309 g/mol. The molecule has 2 aromatic carbocycles. The summed E-state index contributed by atoms with van der Waals surface area (Å²) in [5.41, 5.74) is 9.60. The van der Waals surface area contributed by atoms with Crippen LogP contribution in [0.4, 0.5) is 0 Å². The molecule has 0 aliphatic carbocycles. The summed E-state index contributed by atoms with van der Waals surface area (Å²) in [6, 6.07) is 13.9. The van der Waals surface area contributed by atoms with E-state index < -0.39 is 0 Å². The summed E-state index contributed by atoms with van der Waals surface area (Å²) in [7, 11) is 0. The van der Waals surface area contributed by atoms with Gasteiger partial charge in [-0.1, -0.05) is 47.5 Å². The van der Waals surface area contributed by atoms with Crippen molar-refractivity contribution >= 4 is 27.5 Å². The van der Waals surface area contributed by atoms with Gasteiger partial charge in [-0.15, -0.1) is 0 Å². The van der Waals surface area contributed by atoms with Gasteiger partial charge in [-0.3, -0.25) is 0 Å². The van der Waals surface area contributed by atoms with Crippen LogP contribution in [0.2, 0.25) is 5.02 Å². The third-order valence-electron chi connectivity index (χ3n) is 2.74. The largest absolute Gasteiger partial charge is 0.320 e. The molecule has 3 heteroatoms. The van der Waals surface area contributed by atoms with E-state index in [0.29, 0.717) is 5.02 Å². The summed E-state index contributed by atoms with van der Waals surface area (Å²) in [5.74, 6) is 0. The minimum absolute atomic E-state index is 0.121. The lowest BCUT2D eigenvalue weighted by molar-refractivity contribution is 0.870. The van der Waals surface area contributed by atoms with Gasteiger partial charge in [-0.05, 0) is 46.1 Å². The third-order valence-corrected chi connectivity index (χ3v) is 3.95. The molecular weight excluding hydrogens is 298 g/mol. The molecule has 2 N–H and O–H groups in total. The average molecular weight is 311 g/mol. The number of halogens is 2. The van der Waals surface area contributed by atoms with Crippen LogP contribution >= 0.6 is 27.5 Å². The normalized spacial score (nSPS) is 12.5. The van der Waals surface area contributed by atoms with Crippen LogP contribution in [0.3, 0.4) is 0 Å². The molecule has 0 aliphatic heterocycles. The van der Waals surface area contributed by atoms with E-state index in [2.05, 4.69) is 47.1 Å². The van der Waals surface area contributed by atoms with Gasteiger partial charge in [0.15, 0.2) is 0 Å². The molecule has 1 atom stereocenters. The van der Waals surface area contributed by atoms with Crippen molar-refractivity contribution in [2.24, 2.45) is 5.73 Å². The van der Waals surface area contributed by atoms with Crippen molar-refractivity contribution in [1.82, 2.24) is 0 Å². The van der Waals surface area contributed by atoms with Crippen molar-refractivity contribution in [3.05, 3.63) is 68.7 Å². The Hall–Kier alpha value is -0.830. The fourth-order valence-corrected chi connectivity index (χ4v) is 2.19. The Bertz CT molecular complexity index is 522. The topological polar surface area (TPSA) is 26.0 Å². The molecule has 0 bridgehead atoms. The first-order valence-corrected chi connectivity index (χ1v) is 6.52. The van der Waals surface area contributed by atoms with E-state index in [9.17, 15) is 0 Å². The minimum atomic E-state index is -0.121. The van der Waals surface area contributed by atoms with Gasteiger partial charge < -0.3 is 5.73 Å². The van der Waals surface area contributed by atoms with Gasteiger partial charge in [0.05, 0.1) is 11.1 Å². The first-order chi connectivity index (χ1) is 8.08. The number of nitrogens with two attached hydrogens (primary N) is 1. The highest BCUT2D eigenvalue weighted by atomic mass is 79.9. The van der Waals surface area contributed by atoms with Crippen molar-refractivity contribution in [1.29, 1.82) is 0 Å². The first kappa shape index (κ1) is 12.6. The van der Waals surface area contributed by atoms with E-state index >= 15 is 0 Å². The fraction of sp³-hybridized carbons (Fsp3) is 0.143. The molecule has 0 spiro atoms. The molecule has 0 heterocycles. The number of hydrogen-bond acceptors (Lipinski definition) is 1. The van der Waals surface area contributed by atoms with Gasteiger partial charge in [0, 0.05) is 4.47 Å². The SMILES string of the molecule is Cc1ccc(C(N)c2ccc(Cl)c(Br)c2)cc1. The standard InChI is InChI=1S/C14H13BrClN/c1-9-2-4-10(5-3-9)14(17)11-6-7-13(16)12(15)8-11/h2-8,14H,17H2,1H3. The van der Waals surface area contributed by atoms with Crippen molar-refractivity contribution in [2.45, 2.75) is 13.0 Å². The van der Waals surface area contributed by atoms with Crippen LogP contribution in [0.5, 0.6) is 0 Å². The van der Waals surface area contributed by atoms with Crippen LogP contribution in [0.1, 0.15) is 22.7 Å². The van der Waals surface area contributed by atoms with Crippen molar-refractivity contribution in [2.75, 3.05) is 0 Å². The van der Waals surface area contributed by atoms with E-state index in [-0.39, 0.29) is 6.04 Å². The molecule has 0 aliphatic rings. The van der Waals surface area contributed by atoms with Crippen molar-refractivity contribution < 1.29 is 0 Å². The lowest BCUT2D eigenvalue weighted by Crippen LogP contribution is -2.11. The lowest BCUT2D eigenvalue weighted by atomic mass is 9.99. The lowest BCUT2D eigenvalue weighted by Gasteiger charge is -2.13. The molecule has 0 radical (unpaired) electrons. The number of rotatable bonds is 2. The Balaban J connectivity index is 2.33. The van der Waals surface area contributed by atoms with E-state index in [1.807, 2.05) is 18.2 Å². The summed E-state index contributed by atoms with van der Waals surface area (Å²) in [4.78, 5) is 0. The third kappa shape index (κ3) is 2.89. The van der Waals surface area contributed by atoms with Crippen molar-refractivity contribution in [3.8, 4) is 0 Å². The molecule has 0 saturated carbocycles. The second-order valence-corrected chi connectivity index (χ2v) is 5.32. The van der Waals surface area contributed by atoms with Gasteiger partial charge in [0.1, 0.15) is 0 Å².